The van der Waals surface area contributed by atoms with Crippen LogP contribution in [0.3, 0.4) is 0 Å². The Kier molecular flexibility index (Phi) is 6.72. The number of hydrogen-bond acceptors (Lipinski definition) is 5. The predicted octanol–water partition coefficient (Wildman–Crippen LogP) is 4.25. The largest absolute Gasteiger partial charge is 0.326 e. The highest BCUT2D eigenvalue weighted by Crippen LogP contribution is 2.24. The second-order valence-electron chi connectivity index (χ2n) is 6.04. The molecular weight excluding hydrogens is 419 g/mol. The number of amides is 2. The normalized spacial score (nSPS) is 17.9. The molecule has 144 valence electrons. The lowest BCUT2D eigenvalue weighted by atomic mass is 10.2. The Morgan fingerprint density at radius 3 is 2.68 bits per heavy atom. The molecule has 3 rings (SSSR count). The first-order valence-electron chi connectivity index (χ1n) is 8.31. The van der Waals surface area contributed by atoms with Gasteiger partial charge in [-0.3, -0.25) is 9.59 Å². The van der Waals surface area contributed by atoms with Crippen molar-refractivity contribution >= 4 is 63.8 Å². The van der Waals surface area contributed by atoms with Gasteiger partial charge in [0.1, 0.15) is 5.25 Å². The molecule has 0 aliphatic carbocycles. The molecule has 0 unspecified atom stereocenters. The highest BCUT2D eigenvalue weighted by molar-refractivity contribution is 8.15. The minimum Gasteiger partial charge on any atom is -0.326 e. The Hall–Kier alpha value is -2.35. The van der Waals surface area contributed by atoms with E-state index < -0.39 is 5.25 Å². The fourth-order valence-corrected chi connectivity index (χ4v) is 3.58. The topological polar surface area (TPSA) is 82.9 Å². The van der Waals surface area contributed by atoms with E-state index in [0.717, 1.165) is 11.1 Å². The van der Waals surface area contributed by atoms with Crippen LogP contribution in [-0.2, 0) is 9.59 Å². The number of thioether (sulfide) groups is 1. The molecule has 6 nitrogen and oxygen atoms in total. The molecule has 2 amide bonds. The van der Waals surface area contributed by atoms with Crippen molar-refractivity contribution < 1.29 is 9.59 Å². The first-order valence-corrected chi connectivity index (χ1v) is 9.94. The van der Waals surface area contributed by atoms with Crippen molar-refractivity contribution in [3.05, 3.63) is 63.6 Å². The summed E-state index contributed by atoms with van der Waals surface area (Å²) in [7, 11) is 0. The van der Waals surface area contributed by atoms with E-state index in [1.807, 2.05) is 31.2 Å². The molecular formula is C19H16Cl2N4O2S. The zero-order valence-electron chi connectivity index (χ0n) is 14.8. The maximum atomic E-state index is 12.2. The van der Waals surface area contributed by atoms with Gasteiger partial charge < -0.3 is 10.6 Å². The third kappa shape index (κ3) is 5.58. The molecule has 2 aromatic carbocycles. The van der Waals surface area contributed by atoms with Gasteiger partial charge in [0, 0.05) is 12.1 Å². The first kappa shape index (κ1) is 20.4. The second-order valence-corrected chi connectivity index (χ2v) is 8.04. The fraction of sp³-hybridized carbons (Fsp3) is 0.158. The fourth-order valence-electron chi connectivity index (χ4n) is 2.34. The lowest BCUT2D eigenvalue weighted by Gasteiger charge is -2.07. The molecule has 9 heteroatoms. The summed E-state index contributed by atoms with van der Waals surface area (Å²) >= 11 is 13.0. The number of nitrogens with one attached hydrogen (secondary N) is 2. The molecule has 0 aromatic heterocycles. The van der Waals surface area contributed by atoms with Gasteiger partial charge in [-0.25, -0.2) is 0 Å². The summed E-state index contributed by atoms with van der Waals surface area (Å²) in [6, 6.07) is 12.5. The van der Waals surface area contributed by atoms with Gasteiger partial charge in [0.25, 0.3) is 0 Å². The lowest BCUT2D eigenvalue weighted by molar-refractivity contribution is -0.122. The molecule has 1 saturated heterocycles. The van der Waals surface area contributed by atoms with Crippen LogP contribution in [0.2, 0.25) is 10.0 Å². The number of aryl methyl sites for hydroxylation is 1. The molecule has 0 spiro atoms. The molecule has 1 aliphatic rings. The van der Waals surface area contributed by atoms with E-state index in [-0.39, 0.29) is 18.2 Å². The molecule has 28 heavy (non-hydrogen) atoms. The van der Waals surface area contributed by atoms with E-state index in [9.17, 15) is 9.59 Å². The molecule has 0 saturated carbocycles. The van der Waals surface area contributed by atoms with Crippen molar-refractivity contribution in [1.82, 2.24) is 5.32 Å². The Morgan fingerprint density at radius 2 is 1.96 bits per heavy atom. The number of hydrogen-bond donors (Lipinski definition) is 2. The van der Waals surface area contributed by atoms with Crippen molar-refractivity contribution in [2.24, 2.45) is 10.2 Å². The van der Waals surface area contributed by atoms with Gasteiger partial charge >= 0.3 is 0 Å². The van der Waals surface area contributed by atoms with Crippen LogP contribution in [0, 0.1) is 6.92 Å². The third-order valence-corrected chi connectivity index (χ3v) is 5.59. The number of carbonyl (C=O) groups excluding carboxylic acids is 2. The summed E-state index contributed by atoms with van der Waals surface area (Å²) < 4.78 is 0. The Morgan fingerprint density at radius 1 is 1.21 bits per heavy atom. The van der Waals surface area contributed by atoms with Gasteiger partial charge in [-0.15, -0.1) is 5.10 Å². The number of nitrogens with zero attached hydrogens (tertiary/aromatic N) is 2. The van der Waals surface area contributed by atoms with Crippen molar-refractivity contribution in [2.45, 2.75) is 18.6 Å². The van der Waals surface area contributed by atoms with Gasteiger partial charge in [0.15, 0.2) is 5.17 Å². The standard InChI is InChI=1S/C19H16Cl2N4O2S/c1-11-2-5-13(6-3-11)23-17(26)9-16-18(27)24-19(28-16)25-22-10-12-4-7-14(20)15(21)8-12/h2-8,10,16H,9H2,1H3,(H,23,26)(H,24,25,27)/b22-10-/t16-/m1/s1. The van der Waals surface area contributed by atoms with E-state index in [4.69, 9.17) is 23.2 Å². The average Bonchev–Trinajstić information content (AvgIpc) is 2.99. The summed E-state index contributed by atoms with van der Waals surface area (Å²) in [4.78, 5) is 24.2. The van der Waals surface area contributed by atoms with E-state index >= 15 is 0 Å². The van der Waals surface area contributed by atoms with Crippen LogP contribution in [0.25, 0.3) is 0 Å². The van der Waals surface area contributed by atoms with E-state index in [0.29, 0.717) is 20.9 Å². The van der Waals surface area contributed by atoms with Crippen LogP contribution in [0.1, 0.15) is 17.5 Å². The Labute approximate surface area is 176 Å². The summed E-state index contributed by atoms with van der Waals surface area (Å²) in [5.41, 5.74) is 2.52. The van der Waals surface area contributed by atoms with Crippen LogP contribution < -0.4 is 10.6 Å². The number of rotatable bonds is 5. The number of amidine groups is 1. The van der Waals surface area contributed by atoms with Gasteiger partial charge in [0.2, 0.25) is 11.8 Å². The number of benzene rings is 2. The van der Waals surface area contributed by atoms with Crippen LogP contribution in [0.4, 0.5) is 5.69 Å². The molecule has 0 bridgehead atoms. The van der Waals surface area contributed by atoms with Gasteiger partial charge in [0.05, 0.1) is 16.3 Å². The first-order chi connectivity index (χ1) is 13.4. The van der Waals surface area contributed by atoms with Gasteiger partial charge in [-0.05, 0) is 36.8 Å². The SMILES string of the molecule is Cc1ccc(NC(=O)C[C@H]2S/C(=N/N=C\c3ccc(Cl)c(Cl)c3)NC2=O)cc1. The maximum absolute atomic E-state index is 12.2. The molecule has 1 heterocycles. The zero-order chi connectivity index (χ0) is 20.1. The van der Waals surface area contributed by atoms with Crippen molar-refractivity contribution in [2.75, 3.05) is 5.32 Å². The minimum absolute atomic E-state index is 0.0416. The van der Waals surface area contributed by atoms with E-state index in [2.05, 4.69) is 20.8 Å². The highest BCUT2D eigenvalue weighted by Gasteiger charge is 2.32. The number of halogens is 2. The molecule has 0 radical (unpaired) electrons. The predicted molar refractivity (Wildman–Crippen MR) is 115 cm³/mol. The van der Waals surface area contributed by atoms with E-state index in [1.54, 1.807) is 18.2 Å². The Bertz CT molecular complexity index is 961. The van der Waals surface area contributed by atoms with Crippen molar-refractivity contribution in [3.8, 4) is 0 Å². The minimum atomic E-state index is -0.552. The lowest BCUT2D eigenvalue weighted by Crippen LogP contribution is -2.28. The summed E-state index contributed by atoms with van der Waals surface area (Å²) in [6.45, 7) is 1.97. The van der Waals surface area contributed by atoms with Crippen LogP contribution >= 0.6 is 35.0 Å². The molecule has 1 aliphatic heterocycles. The molecule has 1 atom stereocenters. The quantitative estimate of drug-likeness (QED) is 0.544. The van der Waals surface area contributed by atoms with Crippen molar-refractivity contribution in [3.63, 3.8) is 0 Å². The summed E-state index contributed by atoms with van der Waals surface area (Å²) in [5.74, 6) is -0.510. The second kappa shape index (κ2) is 9.23. The third-order valence-electron chi connectivity index (χ3n) is 3.78. The van der Waals surface area contributed by atoms with E-state index in [1.165, 1.54) is 18.0 Å². The van der Waals surface area contributed by atoms with Crippen LogP contribution in [-0.4, -0.2) is 28.4 Å². The zero-order valence-corrected chi connectivity index (χ0v) is 17.1. The maximum Gasteiger partial charge on any atom is 0.240 e. The smallest absolute Gasteiger partial charge is 0.240 e. The Balaban J connectivity index is 1.55. The molecule has 1 fully saturated rings. The monoisotopic (exact) mass is 434 g/mol. The van der Waals surface area contributed by atoms with Gasteiger partial charge in [-0.1, -0.05) is 58.7 Å². The van der Waals surface area contributed by atoms with Gasteiger partial charge in [-0.2, -0.15) is 5.10 Å². The molecule has 2 aromatic rings. The summed E-state index contributed by atoms with van der Waals surface area (Å²) in [5, 5.41) is 14.0. The van der Waals surface area contributed by atoms with Crippen molar-refractivity contribution in [1.29, 1.82) is 0 Å². The summed E-state index contributed by atoms with van der Waals surface area (Å²) in [6.07, 6.45) is 1.54. The number of carbonyl (C=O) groups is 2. The average molecular weight is 435 g/mol. The molecule has 2 N–H and O–H groups in total. The van der Waals surface area contributed by atoms with Crippen LogP contribution in [0.15, 0.2) is 52.7 Å². The number of anilines is 1. The highest BCUT2D eigenvalue weighted by atomic mass is 35.5. The van der Waals surface area contributed by atoms with Crippen LogP contribution in [0.5, 0.6) is 0 Å².